The first-order valence-corrected chi connectivity index (χ1v) is 9.18. The van der Waals surface area contributed by atoms with E-state index in [1.54, 1.807) is 42.5 Å². The molecule has 0 saturated heterocycles. The van der Waals surface area contributed by atoms with Gasteiger partial charge in [0.25, 0.3) is 5.91 Å². The molecule has 0 aromatic heterocycles. The van der Waals surface area contributed by atoms with Gasteiger partial charge in [-0.25, -0.2) is 13.6 Å². The molecule has 0 aliphatic rings. The maximum absolute atomic E-state index is 13.6. The fourth-order valence-corrected chi connectivity index (χ4v) is 2.62. The van der Waals surface area contributed by atoms with Crippen LogP contribution in [-0.2, 0) is 16.1 Å². The van der Waals surface area contributed by atoms with Crippen LogP contribution >= 0.6 is 11.6 Å². The second-order valence-corrected chi connectivity index (χ2v) is 6.60. The molecule has 3 rings (SSSR count). The van der Waals surface area contributed by atoms with Crippen molar-refractivity contribution in [3.05, 3.63) is 94.5 Å². The van der Waals surface area contributed by atoms with Crippen LogP contribution in [-0.4, -0.2) is 18.5 Å². The molecule has 0 bridgehead atoms. The van der Waals surface area contributed by atoms with Crippen molar-refractivity contribution in [3.63, 3.8) is 0 Å². The maximum Gasteiger partial charge on any atom is 0.342 e. The summed E-state index contributed by atoms with van der Waals surface area (Å²) in [6.07, 6.45) is 0. The zero-order valence-electron chi connectivity index (χ0n) is 15.5. The SMILES string of the molecule is O=C(COC(=O)c1ccccc1OCc1ccc(Cl)cc1)Nc1cc(F)ccc1F. The molecule has 30 heavy (non-hydrogen) atoms. The lowest BCUT2D eigenvalue weighted by molar-refractivity contribution is -0.119. The summed E-state index contributed by atoms with van der Waals surface area (Å²) in [5, 5.41) is 2.75. The molecule has 3 aromatic rings. The molecule has 0 spiro atoms. The summed E-state index contributed by atoms with van der Waals surface area (Å²) < 4.78 is 37.4. The van der Waals surface area contributed by atoms with Crippen LogP contribution in [0.3, 0.4) is 0 Å². The van der Waals surface area contributed by atoms with E-state index in [4.69, 9.17) is 21.1 Å². The second kappa shape index (κ2) is 9.84. The molecule has 5 nitrogen and oxygen atoms in total. The van der Waals surface area contributed by atoms with Gasteiger partial charge in [0.15, 0.2) is 6.61 Å². The number of amides is 1. The van der Waals surface area contributed by atoms with Crippen molar-refractivity contribution >= 4 is 29.2 Å². The third-order valence-corrected chi connectivity index (χ3v) is 4.20. The number of carbonyl (C=O) groups excluding carboxylic acids is 2. The number of para-hydroxylation sites is 1. The largest absolute Gasteiger partial charge is 0.488 e. The Balaban J connectivity index is 1.59. The third kappa shape index (κ3) is 5.78. The molecule has 154 valence electrons. The first kappa shape index (κ1) is 21.3. The van der Waals surface area contributed by atoms with Crippen molar-refractivity contribution in [2.45, 2.75) is 6.61 Å². The number of halogens is 3. The smallest absolute Gasteiger partial charge is 0.342 e. The van der Waals surface area contributed by atoms with E-state index in [0.29, 0.717) is 5.02 Å². The van der Waals surface area contributed by atoms with Crippen LogP contribution < -0.4 is 10.1 Å². The quantitative estimate of drug-likeness (QED) is 0.535. The van der Waals surface area contributed by atoms with Gasteiger partial charge < -0.3 is 14.8 Å². The summed E-state index contributed by atoms with van der Waals surface area (Å²) >= 11 is 5.85. The highest BCUT2D eigenvalue weighted by Gasteiger charge is 2.16. The number of benzene rings is 3. The Kier molecular flexibility index (Phi) is 6.98. The number of hydrogen-bond donors (Lipinski definition) is 1. The highest BCUT2D eigenvalue weighted by molar-refractivity contribution is 6.30. The molecule has 3 aromatic carbocycles. The second-order valence-electron chi connectivity index (χ2n) is 6.16. The average molecular weight is 432 g/mol. The van der Waals surface area contributed by atoms with Gasteiger partial charge in [0, 0.05) is 11.1 Å². The van der Waals surface area contributed by atoms with Gasteiger partial charge in [-0.15, -0.1) is 0 Å². The lowest BCUT2D eigenvalue weighted by atomic mass is 10.2. The number of hydrogen-bond acceptors (Lipinski definition) is 4. The predicted octanol–water partition coefficient (Wildman–Crippen LogP) is 4.99. The Morgan fingerprint density at radius 2 is 1.70 bits per heavy atom. The number of nitrogens with one attached hydrogen (secondary N) is 1. The number of carbonyl (C=O) groups is 2. The van der Waals surface area contributed by atoms with Crippen LogP contribution in [0.15, 0.2) is 66.7 Å². The van der Waals surface area contributed by atoms with Gasteiger partial charge in [0.1, 0.15) is 29.6 Å². The molecule has 1 amide bonds. The van der Waals surface area contributed by atoms with E-state index in [9.17, 15) is 18.4 Å². The molecule has 0 fully saturated rings. The Labute approximate surface area is 176 Å². The summed E-state index contributed by atoms with van der Waals surface area (Å²) in [6.45, 7) is -0.485. The Hall–Kier alpha value is -3.45. The van der Waals surface area contributed by atoms with Gasteiger partial charge in [-0.1, -0.05) is 35.9 Å². The van der Waals surface area contributed by atoms with Gasteiger partial charge in [-0.2, -0.15) is 0 Å². The molecule has 0 saturated carbocycles. The first-order chi connectivity index (χ1) is 14.4. The van der Waals surface area contributed by atoms with Crippen LogP contribution in [0.1, 0.15) is 15.9 Å². The zero-order chi connectivity index (χ0) is 21.5. The van der Waals surface area contributed by atoms with Crippen molar-refractivity contribution in [2.75, 3.05) is 11.9 Å². The average Bonchev–Trinajstić information content (AvgIpc) is 2.74. The van der Waals surface area contributed by atoms with Gasteiger partial charge in [0.05, 0.1) is 5.69 Å². The number of esters is 1. The van der Waals surface area contributed by atoms with Gasteiger partial charge >= 0.3 is 5.97 Å². The molecule has 1 N–H and O–H groups in total. The maximum atomic E-state index is 13.6. The van der Waals surface area contributed by atoms with Crippen molar-refractivity contribution < 1.29 is 27.8 Å². The predicted molar refractivity (Wildman–Crippen MR) is 107 cm³/mol. The molecule has 0 unspecified atom stereocenters. The number of rotatable bonds is 7. The molecule has 0 aliphatic carbocycles. The molecule has 8 heteroatoms. The normalized spacial score (nSPS) is 10.4. The molecule has 0 radical (unpaired) electrons. The standard InChI is InChI=1S/C22H16ClF2NO4/c23-15-7-5-14(6-8-15)12-29-20-4-2-1-3-17(20)22(28)30-13-21(27)26-19-11-16(24)9-10-18(19)25/h1-11H,12-13H2,(H,26,27). The van der Waals surface area contributed by atoms with E-state index in [-0.39, 0.29) is 23.6 Å². The summed E-state index contributed by atoms with van der Waals surface area (Å²) in [5.74, 6) is -2.86. The van der Waals surface area contributed by atoms with Crippen LogP contribution in [0.4, 0.5) is 14.5 Å². The molecule has 0 aliphatic heterocycles. The third-order valence-electron chi connectivity index (χ3n) is 3.95. The van der Waals surface area contributed by atoms with Gasteiger partial charge in [0.2, 0.25) is 0 Å². The van der Waals surface area contributed by atoms with Crippen LogP contribution in [0.5, 0.6) is 5.75 Å². The molecular weight excluding hydrogens is 416 g/mol. The highest BCUT2D eigenvalue weighted by atomic mass is 35.5. The van der Waals surface area contributed by atoms with E-state index in [1.165, 1.54) is 6.07 Å². The van der Waals surface area contributed by atoms with Gasteiger partial charge in [-0.3, -0.25) is 4.79 Å². The fraction of sp³-hybridized carbons (Fsp3) is 0.0909. The van der Waals surface area contributed by atoms with Crippen LogP contribution in [0.25, 0.3) is 0 Å². The van der Waals surface area contributed by atoms with Crippen molar-refractivity contribution in [2.24, 2.45) is 0 Å². The topological polar surface area (TPSA) is 64.6 Å². The highest BCUT2D eigenvalue weighted by Crippen LogP contribution is 2.21. The van der Waals surface area contributed by atoms with E-state index >= 15 is 0 Å². The van der Waals surface area contributed by atoms with Crippen molar-refractivity contribution in [3.8, 4) is 5.75 Å². The van der Waals surface area contributed by atoms with Crippen LogP contribution in [0.2, 0.25) is 5.02 Å². The zero-order valence-corrected chi connectivity index (χ0v) is 16.3. The molecule has 0 heterocycles. The van der Waals surface area contributed by atoms with Crippen LogP contribution in [0, 0.1) is 11.6 Å². The Morgan fingerprint density at radius 1 is 0.967 bits per heavy atom. The van der Waals surface area contributed by atoms with E-state index in [1.807, 2.05) is 0 Å². The monoisotopic (exact) mass is 431 g/mol. The van der Waals surface area contributed by atoms with Crippen molar-refractivity contribution in [1.29, 1.82) is 0 Å². The fourth-order valence-electron chi connectivity index (χ4n) is 2.49. The summed E-state index contributed by atoms with van der Waals surface area (Å²) in [7, 11) is 0. The lowest BCUT2D eigenvalue weighted by Crippen LogP contribution is -2.21. The molecular formula is C22H16ClF2NO4. The summed E-state index contributed by atoms with van der Waals surface area (Å²) in [5.41, 5.74) is 0.623. The summed E-state index contributed by atoms with van der Waals surface area (Å²) in [6, 6.07) is 16.0. The minimum Gasteiger partial charge on any atom is -0.488 e. The first-order valence-electron chi connectivity index (χ1n) is 8.80. The van der Waals surface area contributed by atoms with E-state index < -0.39 is 30.1 Å². The van der Waals surface area contributed by atoms with Crippen molar-refractivity contribution in [1.82, 2.24) is 0 Å². The minimum atomic E-state index is -0.813. The number of anilines is 1. The Bertz CT molecular complexity index is 1060. The summed E-state index contributed by atoms with van der Waals surface area (Å²) in [4.78, 5) is 24.3. The van der Waals surface area contributed by atoms with E-state index in [2.05, 4.69) is 5.32 Å². The number of ether oxygens (including phenoxy) is 2. The molecule has 0 atom stereocenters. The lowest BCUT2D eigenvalue weighted by Gasteiger charge is -2.12. The minimum absolute atomic E-state index is 0.121. The van der Waals surface area contributed by atoms with E-state index in [0.717, 1.165) is 23.8 Å². The Morgan fingerprint density at radius 3 is 2.47 bits per heavy atom. The van der Waals surface area contributed by atoms with Gasteiger partial charge in [-0.05, 0) is 42.0 Å².